The summed E-state index contributed by atoms with van der Waals surface area (Å²) in [7, 11) is -6.53. The molecule has 1 aromatic rings. The van der Waals surface area contributed by atoms with Crippen LogP contribution in [0.15, 0.2) is 30.3 Å². The molecule has 1 aliphatic rings. The van der Waals surface area contributed by atoms with Crippen LogP contribution < -0.4 is 5.32 Å². The molecule has 0 spiro atoms. The van der Waals surface area contributed by atoms with E-state index in [0.717, 1.165) is 24.8 Å². The van der Waals surface area contributed by atoms with Crippen molar-refractivity contribution >= 4 is 25.5 Å². The summed E-state index contributed by atoms with van der Waals surface area (Å²) in [5.74, 6) is -0.204. The number of nitrogens with one attached hydrogen (secondary N) is 1. The highest BCUT2D eigenvalue weighted by Gasteiger charge is 2.28. The molecule has 8 heteroatoms. The molecule has 6 nitrogen and oxygen atoms in total. The van der Waals surface area contributed by atoms with E-state index in [9.17, 15) is 16.8 Å². The zero-order chi connectivity index (χ0) is 16.9. The van der Waals surface area contributed by atoms with Crippen molar-refractivity contribution in [1.29, 1.82) is 0 Å². The molecule has 0 aliphatic carbocycles. The molecular formula is C15H24N2O4S2. The number of sulfonamides is 1. The van der Waals surface area contributed by atoms with E-state index in [1.807, 2.05) is 30.3 Å². The monoisotopic (exact) mass is 360 g/mol. The Morgan fingerprint density at radius 2 is 1.83 bits per heavy atom. The third-order valence-electron chi connectivity index (χ3n) is 3.84. The summed E-state index contributed by atoms with van der Waals surface area (Å²) in [4.78, 5) is 0. The highest BCUT2D eigenvalue weighted by Crippen LogP contribution is 2.19. The molecule has 0 bridgehead atoms. The highest BCUT2D eigenvalue weighted by molar-refractivity contribution is 7.91. The molecule has 1 atom stereocenters. The SMILES string of the molecule is CS(=O)(=O)CCCS(=O)(=O)N1CCC[C@H](Nc2ccccc2)C1. The first-order valence-corrected chi connectivity index (χ1v) is 11.4. The number of rotatable bonds is 7. The number of hydrogen-bond donors (Lipinski definition) is 1. The molecule has 1 aliphatic heterocycles. The molecule has 0 unspecified atom stereocenters. The van der Waals surface area contributed by atoms with Crippen LogP contribution in [0.5, 0.6) is 0 Å². The first-order valence-electron chi connectivity index (χ1n) is 7.73. The average Bonchev–Trinajstić information content (AvgIpc) is 2.47. The van der Waals surface area contributed by atoms with Crippen LogP contribution >= 0.6 is 0 Å². The summed E-state index contributed by atoms with van der Waals surface area (Å²) < 4.78 is 48.5. The molecule has 1 heterocycles. The van der Waals surface area contributed by atoms with E-state index in [2.05, 4.69) is 5.32 Å². The zero-order valence-corrected chi connectivity index (χ0v) is 14.9. The van der Waals surface area contributed by atoms with E-state index < -0.39 is 19.9 Å². The van der Waals surface area contributed by atoms with Gasteiger partial charge in [0.25, 0.3) is 0 Å². The minimum atomic E-state index is -3.40. The summed E-state index contributed by atoms with van der Waals surface area (Å²) in [6, 6.07) is 9.80. The van der Waals surface area contributed by atoms with Crippen molar-refractivity contribution in [3.05, 3.63) is 30.3 Å². The van der Waals surface area contributed by atoms with Crippen molar-refractivity contribution in [3.8, 4) is 0 Å². The Morgan fingerprint density at radius 3 is 2.48 bits per heavy atom. The second-order valence-electron chi connectivity index (χ2n) is 6.01. The molecule has 0 aromatic heterocycles. The topological polar surface area (TPSA) is 83.5 Å². The lowest BCUT2D eigenvalue weighted by atomic mass is 10.1. The Balaban J connectivity index is 1.91. The average molecular weight is 361 g/mol. The van der Waals surface area contributed by atoms with Gasteiger partial charge in [-0.15, -0.1) is 0 Å². The van der Waals surface area contributed by atoms with E-state index in [1.165, 1.54) is 4.31 Å². The maximum atomic E-state index is 12.4. The van der Waals surface area contributed by atoms with Crippen molar-refractivity contribution in [2.75, 3.05) is 36.2 Å². The summed E-state index contributed by atoms with van der Waals surface area (Å²) in [5.41, 5.74) is 0.980. The van der Waals surface area contributed by atoms with Gasteiger partial charge in [-0.05, 0) is 31.4 Å². The Labute approximate surface area is 138 Å². The molecule has 0 amide bonds. The number of benzene rings is 1. The Bertz CT molecular complexity index is 702. The molecule has 1 saturated heterocycles. The largest absolute Gasteiger partial charge is 0.381 e. The number of anilines is 1. The quantitative estimate of drug-likeness (QED) is 0.793. The lowest BCUT2D eigenvalue weighted by Crippen LogP contribution is -2.46. The van der Waals surface area contributed by atoms with Crippen LogP contribution in [-0.2, 0) is 19.9 Å². The number of hydrogen-bond acceptors (Lipinski definition) is 5. The van der Waals surface area contributed by atoms with Crippen LogP contribution in [0.2, 0.25) is 0 Å². The first-order chi connectivity index (χ1) is 10.8. The smallest absolute Gasteiger partial charge is 0.214 e. The highest BCUT2D eigenvalue weighted by atomic mass is 32.2. The normalized spacial score (nSPS) is 20.3. The maximum Gasteiger partial charge on any atom is 0.214 e. The van der Waals surface area contributed by atoms with Crippen LogP contribution in [0.4, 0.5) is 5.69 Å². The second kappa shape index (κ2) is 7.63. The number of nitrogens with zero attached hydrogens (tertiary/aromatic N) is 1. The molecule has 0 saturated carbocycles. The fourth-order valence-corrected chi connectivity index (χ4v) is 5.15. The third kappa shape index (κ3) is 6.12. The summed E-state index contributed by atoms with van der Waals surface area (Å²) in [6.07, 6.45) is 2.99. The minimum Gasteiger partial charge on any atom is -0.381 e. The van der Waals surface area contributed by atoms with Gasteiger partial charge >= 0.3 is 0 Å². The number of sulfone groups is 1. The van der Waals surface area contributed by atoms with Crippen molar-refractivity contribution in [2.24, 2.45) is 0 Å². The predicted octanol–water partition coefficient (Wildman–Crippen LogP) is 1.33. The van der Waals surface area contributed by atoms with E-state index in [1.54, 1.807) is 0 Å². The predicted molar refractivity (Wildman–Crippen MR) is 92.8 cm³/mol. The van der Waals surface area contributed by atoms with Gasteiger partial charge in [-0.1, -0.05) is 18.2 Å². The minimum absolute atomic E-state index is 0.0795. The third-order valence-corrected chi connectivity index (χ3v) is 6.79. The van der Waals surface area contributed by atoms with Gasteiger partial charge in [-0.2, -0.15) is 4.31 Å². The van der Waals surface area contributed by atoms with Crippen LogP contribution in [0.1, 0.15) is 19.3 Å². The fourth-order valence-electron chi connectivity index (χ4n) is 2.72. The molecule has 23 heavy (non-hydrogen) atoms. The molecule has 1 N–H and O–H groups in total. The van der Waals surface area contributed by atoms with Gasteiger partial charge in [-0.3, -0.25) is 0 Å². The van der Waals surface area contributed by atoms with E-state index >= 15 is 0 Å². The second-order valence-corrected chi connectivity index (χ2v) is 10.4. The summed E-state index contributed by atoms with van der Waals surface area (Å²) in [5, 5.41) is 3.36. The van der Waals surface area contributed by atoms with Crippen molar-refractivity contribution in [3.63, 3.8) is 0 Å². The summed E-state index contributed by atoms with van der Waals surface area (Å²) >= 11 is 0. The lowest BCUT2D eigenvalue weighted by molar-refractivity contribution is 0.327. The van der Waals surface area contributed by atoms with Gasteiger partial charge in [0.15, 0.2) is 0 Å². The van der Waals surface area contributed by atoms with E-state index in [0.29, 0.717) is 13.1 Å². The van der Waals surface area contributed by atoms with Gasteiger partial charge in [0.05, 0.1) is 11.5 Å². The van der Waals surface area contributed by atoms with E-state index in [4.69, 9.17) is 0 Å². The van der Waals surface area contributed by atoms with Gasteiger partial charge in [0.2, 0.25) is 10.0 Å². The fraction of sp³-hybridized carbons (Fsp3) is 0.600. The zero-order valence-electron chi connectivity index (χ0n) is 13.3. The van der Waals surface area contributed by atoms with Gasteiger partial charge in [0, 0.05) is 31.1 Å². The molecular weight excluding hydrogens is 336 g/mol. The molecule has 130 valence electrons. The van der Waals surface area contributed by atoms with Crippen LogP contribution in [0.3, 0.4) is 0 Å². The molecule has 0 radical (unpaired) electrons. The first kappa shape index (κ1) is 18.2. The molecule has 1 fully saturated rings. The van der Waals surface area contributed by atoms with Crippen LogP contribution in [-0.4, -0.2) is 58.0 Å². The maximum absolute atomic E-state index is 12.4. The van der Waals surface area contributed by atoms with Gasteiger partial charge in [0.1, 0.15) is 9.84 Å². The lowest BCUT2D eigenvalue weighted by Gasteiger charge is -2.33. The standard InChI is InChI=1S/C15H24N2O4S2/c1-22(18,19)11-6-12-23(20,21)17-10-5-9-15(13-17)16-14-7-3-2-4-8-14/h2-4,7-8,15-16H,5-6,9-13H2,1H3/t15-/m0/s1. The summed E-state index contributed by atoms with van der Waals surface area (Å²) in [6.45, 7) is 0.935. The van der Waals surface area contributed by atoms with Gasteiger partial charge in [-0.25, -0.2) is 16.8 Å². The molecule has 2 rings (SSSR count). The Morgan fingerprint density at radius 1 is 1.13 bits per heavy atom. The van der Waals surface area contributed by atoms with Crippen LogP contribution in [0, 0.1) is 0 Å². The van der Waals surface area contributed by atoms with Crippen molar-refractivity contribution in [1.82, 2.24) is 4.31 Å². The molecule has 1 aromatic carbocycles. The number of piperidine rings is 1. The van der Waals surface area contributed by atoms with Crippen molar-refractivity contribution in [2.45, 2.75) is 25.3 Å². The Hall–Kier alpha value is -1.12. The Kier molecular flexibility index (Phi) is 6.05. The van der Waals surface area contributed by atoms with Gasteiger partial charge < -0.3 is 5.32 Å². The van der Waals surface area contributed by atoms with Crippen LogP contribution in [0.25, 0.3) is 0 Å². The van der Waals surface area contributed by atoms with Crippen molar-refractivity contribution < 1.29 is 16.8 Å². The van der Waals surface area contributed by atoms with E-state index in [-0.39, 0.29) is 24.0 Å². The number of para-hydroxylation sites is 1.